The van der Waals surface area contributed by atoms with Gasteiger partial charge in [0.15, 0.2) is 5.12 Å². The number of aromatic nitrogens is 1. The number of carbonyl (C=O) groups is 4. The predicted molar refractivity (Wildman–Crippen MR) is 122 cm³/mol. The molecule has 0 aliphatic heterocycles. The van der Waals surface area contributed by atoms with E-state index in [4.69, 9.17) is 0 Å². The molecule has 0 aliphatic carbocycles. The minimum absolute atomic E-state index is 0.0544. The number of aliphatic carboxylic acids is 1. The number of likely N-dealkylation sites (N-methyl/N-ethyl adjacent to an activating group) is 1. The number of unbranched alkanes of at least 4 members (excludes halogenated alkanes) is 1. The quantitative estimate of drug-likeness (QED) is 0.321. The molecular weight excluding hydrogens is 418 g/mol. The van der Waals surface area contributed by atoms with Gasteiger partial charge in [-0.3, -0.25) is 19.2 Å². The van der Waals surface area contributed by atoms with Crippen LogP contribution in [0.4, 0.5) is 0 Å². The van der Waals surface area contributed by atoms with Crippen LogP contribution >= 0.6 is 11.8 Å². The number of carboxylic acids is 1. The van der Waals surface area contributed by atoms with Gasteiger partial charge in [0, 0.05) is 37.7 Å². The predicted octanol–water partition coefficient (Wildman–Crippen LogP) is 2.92. The molecule has 1 rings (SSSR count). The number of carbonyl (C=O) groups excluding carboxylic acids is 3. The Morgan fingerprint density at radius 3 is 2.39 bits per heavy atom. The molecule has 9 heteroatoms. The van der Waals surface area contributed by atoms with Crippen molar-refractivity contribution in [1.29, 1.82) is 0 Å². The molecule has 3 atom stereocenters. The molecule has 1 aromatic heterocycles. The number of nitrogens with one attached hydrogen (secondary N) is 3. The fraction of sp³-hybridized carbons (Fsp3) is 0.636. The normalized spacial score (nSPS) is 14.0. The van der Waals surface area contributed by atoms with Crippen LogP contribution in [0.25, 0.3) is 0 Å². The second kappa shape index (κ2) is 13.9. The van der Waals surface area contributed by atoms with Gasteiger partial charge in [-0.05, 0) is 37.3 Å². The lowest BCUT2D eigenvalue weighted by Crippen LogP contribution is -2.39. The molecule has 0 saturated carbocycles. The highest BCUT2D eigenvalue weighted by Gasteiger charge is 2.32. The molecule has 4 N–H and O–H groups in total. The zero-order valence-corrected chi connectivity index (χ0v) is 19.6. The van der Waals surface area contributed by atoms with Gasteiger partial charge >= 0.3 is 5.97 Å². The number of amides is 2. The van der Waals surface area contributed by atoms with Crippen molar-refractivity contribution in [2.75, 3.05) is 13.6 Å². The first-order valence-electron chi connectivity index (χ1n) is 10.7. The number of aromatic amines is 1. The molecule has 0 aliphatic rings. The number of H-pyrrole nitrogens is 1. The first kappa shape index (κ1) is 26.7. The molecule has 174 valence electrons. The van der Waals surface area contributed by atoms with Crippen LogP contribution < -0.4 is 10.6 Å². The summed E-state index contributed by atoms with van der Waals surface area (Å²) in [5, 5.41) is 14.0. The van der Waals surface area contributed by atoms with E-state index >= 15 is 0 Å². The fourth-order valence-corrected chi connectivity index (χ4v) is 4.62. The second-order valence-corrected chi connectivity index (χ2v) is 9.48. The van der Waals surface area contributed by atoms with Crippen LogP contribution in [0.2, 0.25) is 0 Å². The molecule has 0 saturated heterocycles. The molecule has 0 fully saturated rings. The van der Waals surface area contributed by atoms with Crippen molar-refractivity contribution < 1.29 is 24.3 Å². The van der Waals surface area contributed by atoms with Gasteiger partial charge in [0.05, 0.1) is 18.3 Å². The van der Waals surface area contributed by atoms with Gasteiger partial charge in [0.2, 0.25) is 11.8 Å². The maximum Gasteiger partial charge on any atom is 0.304 e. The van der Waals surface area contributed by atoms with E-state index in [1.165, 1.54) is 6.92 Å². The van der Waals surface area contributed by atoms with Crippen molar-refractivity contribution >= 4 is 34.7 Å². The van der Waals surface area contributed by atoms with E-state index in [2.05, 4.69) is 15.6 Å². The summed E-state index contributed by atoms with van der Waals surface area (Å²) in [5.74, 6) is -1.93. The van der Waals surface area contributed by atoms with Crippen molar-refractivity contribution in [2.45, 2.75) is 64.0 Å². The summed E-state index contributed by atoms with van der Waals surface area (Å²) < 4.78 is 0. The number of rotatable bonds is 14. The summed E-state index contributed by atoms with van der Waals surface area (Å²) in [7, 11) is 1.61. The lowest BCUT2D eigenvalue weighted by Gasteiger charge is -2.25. The Labute approximate surface area is 188 Å². The summed E-state index contributed by atoms with van der Waals surface area (Å²) in [6.07, 6.45) is 4.14. The summed E-state index contributed by atoms with van der Waals surface area (Å²) >= 11 is 0.930. The summed E-state index contributed by atoms with van der Waals surface area (Å²) in [5.41, 5.74) is 0.859. The monoisotopic (exact) mass is 453 g/mol. The number of hydrogen-bond donors (Lipinski definition) is 4. The third-order valence-electron chi connectivity index (χ3n) is 4.98. The summed E-state index contributed by atoms with van der Waals surface area (Å²) in [6.45, 7) is 5.76. The Balaban J connectivity index is 2.63. The minimum Gasteiger partial charge on any atom is -0.481 e. The Bertz CT molecular complexity index is 705. The van der Waals surface area contributed by atoms with Crippen LogP contribution in [0.15, 0.2) is 18.3 Å². The fourth-order valence-electron chi connectivity index (χ4n) is 3.57. The molecule has 3 unspecified atom stereocenters. The number of hydrogen-bond acceptors (Lipinski definition) is 5. The van der Waals surface area contributed by atoms with Crippen molar-refractivity contribution in [2.24, 2.45) is 11.8 Å². The Morgan fingerprint density at radius 2 is 1.87 bits per heavy atom. The third-order valence-corrected chi connectivity index (χ3v) is 6.11. The van der Waals surface area contributed by atoms with Crippen LogP contribution in [-0.2, 0) is 19.2 Å². The van der Waals surface area contributed by atoms with Gasteiger partial charge in [-0.1, -0.05) is 32.0 Å². The molecule has 1 heterocycles. The topological polar surface area (TPSA) is 128 Å². The molecular formula is C22H35N3O5S. The molecule has 2 amide bonds. The molecule has 0 bridgehead atoms. The lowest BCUT2D eigenvalue weighted by molar-refractivity contribution is -0.137. The van der Waals surface area contributed by atoms with Crippen molar-refractivity contribution in [3.8, 4) is 0 Å². The molecule has 0 spiro atoms. The van der Waals surface area contributed by atoms with E-state index in [-0.39, 0.29) is 35.2 Å². The zero-order valence-electron chi connectivity index (χ0n) is 18.8. The SMILES string of the molecule is CNC(=O)C(CCCCNC(=O)C(CC(C)C)C(CC(=O)O)SC(C)=O)c1ccc[nH]1. The lowest BCUT2D eigenvalue weighted by atomic mass is 9.91. The van der Waals surface area contributed by atoms with Crippen LogP contribution in [-0.4, -0.2) is 51.8 Å². The highest BCUT2D eigenvalue weighted by Crippen LogP contribution is 2.29. The summed E-state index contributed by atoms with van der Waals surface area (Å²) in [6, 6.07) is 3.74. The standard InChI is InChI=1S/C22H35N3O5S/c1-14(2)12-17(19(13-20(27)28)31-15(3)26)22(30)25-10-6-5-8-16(21(29)23-4)18-9-7-11-24-18/h7,9,11,14,16-17,19,24H,5-6,8,10,12-13H2,1-4H3,(H,23,29)(H,25,30)(H,27,28). The van der Waals surface area contributed by atoms with Crippen LogP contribution in [0.3, 0.4) is 0 Å². The van der Waals surface area contributed by atoms with Crippen LogP contribution in [0.5, 0.6) is 0 Å². The van der Waals surface area contributed by atoms with Crippen LogP contribution in [0.1, 0.15) is 64.5 Å². The van der Waals surface area contributed by atoms with E-state index in [0.29, 0.717) is 25.8 Å². The van der Waals surface area contributed by atoms with Crippen molar-refractivity contribution in [3.63, 3.8) is 0 Å². The van der Waals surface area contributed by atoms with Crippen molar-refractivity contribution in [1.82, 2.24) is 15.6 Å². The van der Waals surface area contributed by atoms with Gasteiger partial charge < -0.3 is 20.7 Å². The van der Waals surface area contributed by atoms with E-state index in [1.54, 1.807) is 13.2 Å². The van der Waals surface area contributed by atoms with E-state index in [1.807, 2.05) is 26.0 Å². The Morgan fingerprint density at radius 1 is 1.16 bits per heavy atom. The first-order valence-corrected chi connectivity index (χ1v) is 11.5. The minimum atomic E-state index is -1.02. The van der Waals surface area contributed by atoms with E-state index in [9.17, 15) is 24.3 Å². The van der Waals surface area contributed by atoms with E-state index in [0.717, 1.165) is 23.9 Å². The van der Waals surface area contributed by atoms with Gasteiger partial charge in [-0.15, -0.1) is 0 Å². The van der Waals surface area contributed by atoms with Gasteiger partial charge in [-0.25, -0.2) is 0 Å². The maximum atomic E-state index is 12.8. The van der Waals surface area contributed by atoms with Gasteiger partial charge in [-0.2, -0.15) is 0 Å². The summed E-state index contributed by atoms with van der Waals surface area (Å²) in [4.78, 5) is 50.9. The highest BCUT2D eigenvalue weighted by molar-refractivity contribution is 8.14. The highest BCUT2D eigenvalue weighted by atomic mass is 32.2. The Kier molecular flexibility index (Phi) is 12.0. The Hall–Kier alpha value is -2.29. The van der Waals surface area contributed by atoms with Crippen molar-refractivity contribution in [3.05, 3.63) is 24.0 Å². The average Bonchev–Trinajstić information content (AvgIpc) is 3.21. The third kappa shape index (κ3) is 10.0. The molecule has 0 aromatic carbocycles. The molecule has 31 heavy (non-hydrogen) atoms. The molecule has 0 radical (unpaired) electrons. The molecule has 1 aromatic rings. The average molecular weight is 454 g/mol. The van der Waals surface area contributed by atoms with Gasteiger partial charge in [0.1, 0.15) is 0 Å². The largest absolute Gasteiger partial charge is 0.481 e. The molecule has 8 nitrogen and oxygen atoms in total. The van der Waals surface area contributed by atoms with Crippen LogP contribution in [0, 0.1) is 11.8 Å². The second-order valence-electron chi connectivity index (χ2n) is 8.06. The van der Waals surface area contributed by atoms with Gasteiger partial charge in [0.25, 0.3) is 0 Å². The number of thioether (sulfide) groups is 1. The number of carboxylic acid groups (broad SMARTS) is 1. The first-order chi connectivity index (χ1) is 14.6. The van der Waals surface area contributed by atoms with E-state index < -0.39 is 17.1 Å². The smallest absolute Gasteiger partial charge is 0.304 e. The zero-order chi connectivity index (χ0) is 23.4. The maximum absolute atomic E-state index is 12.8.